The molecule has 56 heavy (non-hydrogen) atoms. The molecule has 0 spiro atoms. The van der Waals surface area contributed by atoms with Crippen molar-refractivity contribution in [2.24, 2.45) is 20.9 Å². The van der Waals surface area contributed by atoms with Crippen molar-refractivity contribution in [2.75, 3.05) is 46.6 Å². The molecule has 4 aromatic rings. The van der Waals surface area contributed by atoms with Crippen LogP contribution in [-0.2, 0) is 0 Å². The van der Waals surface area contributed by atoms with Crippen LogP contribution < -0.4 is 20.4 Å². The van der Waals surface area contributed by atoms with Gasteiger partial charge in [0.25, 0.3) is 0 Å². The van der Waals surface area contributed by atoms with Crippen LogP contribution in [0.3, 0.4) is 0 Å². The molecule has 1 aliphatic carbocycles. The van der Waals surface area contributed by atoms with E-state index in [9.17, 15) is 0 Å². The molecule has 2 fully saturated rings. The van der Waals surface area contributed by atoms with Crippen molar-refractivity contribution >= 4 is 63.3 Å². The minimum atomic E-state index is 0.0652. The van der Waals surface area contributed by atoms with E-state index in [-0.39, 0.29) is 5.92 Å². The number of nitrogens with one attached hydrogen (secondary N) is 2. The van der Waals surface area contributed by atoms with Crippen molar-refractivity contribution in [2.45, 2.75) is 71.6 Å². The number of hydrogen-bond donors (Lipinski definition) is 2. The summed E-state index contributed by atoms with van der Waals surface area (Å²) in [5.74, 6) is 0.918. The van der Waals surface area contributed by atoms with Crippen molar-refractivity contribution in [3.63, 3.8) is 0 Å². The average molecular weight is 740 g/mol. The zero-order chi connectivity index (χ0) is 37.8. The number of hydrogen-bond acceptors (Lipinski definition) is 7. The maximum absolute atomic E-state index is 5.42. The predicted octanol–water partition coefficient (Wildman–Crippen LogP) is 11.8. The molecular formula is C49H53N7. The number of piperidine rings is 2. The third-order valence-electron chi connectivity index (χ3n) is 12.0. The summed E-state index contributed by atoms with van der Waals surface area (Å²) in [5, 5.41) is 7.65. The second-order valence-corrected chi connectivity index (χ2v) is 16.1. The third-order valence-corrected chi connectivity index (χ3v) is 12.0. The first-order chi connectivity index (χ1) is 27.5. The molecule has 7 heteroatoms. The van der Waals surface area contributed by atoms with Gasteiger partial charge in [0.2, 0.25) is 0 Å². The highest BCUT2D eigenvalue weighted by Gasteiger charge is 2.28. The van der Waals surface area contributed by atoms with Crippen LogP contribution in [0.4, 0.5) is 34.1 Å². The van der Waals surface area contributed by atoms with E-state index in [1.54, 1.807) is 6.34 Å². The van der Waals surface area contributed by atoms with Gasteiger partial charge in [-0.15, -0.1) is 0 Å². The van der Waals surface area contributed by atoms with Gasteiger partial charge in [0.05, 0.1) is 17.3 Å². The standard InChI is InChI=1S/C49H53N7/c1-34-9-15-38(16-10-34)52-47-31-40(55-25-5-3-6-26-55)19-22-42(47)37-14-24-45-44-21-13-36(29-37)30-46(54-49(44)51-33-50-45)43-23-20-41(56-27-7-4-8-28-56)32-48(43)53-39-17-11-35(2)12-18-39/h9-12,14-20,22-23,29-33,44,52-53H,3-8,13,21,24-28H2,1-2H3/b36-29+,37-14+,46-30-,54-49?. The molecule has 2 N–H and O–H groups in total. The molecule has 5 aliphatic rings. The Labute approximate surface area is 332 Å². The second kappa shape index (κ2) is 16.2. The van der Waals surface area contributed by atoms with Crippen molar-refractivity contribution in [3.8, 4) is 0 Å². The molecule has 284 valence electrons. The highest BCUT2D eigenvalue weighted by Crippen LogP contribution is 2.40. The number of aryl methyl sites for hydroxylation is 2. The van der Waals surface area contributed by atoms with E-state index in [0.717, 1.165) is 91.0 Å². The van der Waals surface area contributed by atoms with Gasteiger partial charge in [-0.05, 0) is 137 Å². The van der Waals surface area contributed by atoms with Gasteiger partial charge in [-0.3, -0.25) is 0 Å². The third kappa shape index (κ3) is 7.99. The maximum Gasteiger partial charge on any atom is 0.139 e. The number of amidine groups is 1. The van der Waals surface area contributed by atoms with Crippen LogP contribution in [0.25, 0.3) is 11.3 Å². The molecule has 4 aliphatic heterocycles. The Hall–Kier alpha value is -5.69. The van der Waals surface area contributed by atoms with Crippen molar-refractivity contribution < 1.29 is 0 Å². The molecule has 0 aromatic heterocycles. The lowest BCUT2D eigenvalue weighted by molar-refractivity contribution is 0.578. The molecule has 0 amide bonds. The zero-order valence-electron chi connectivity index (χ0n) is 32.9. The van der Waals surface area contributed by atoms with Crippen LogP contribution in [0.1, 0.15) is 80.0 Å². The Balaban J connectivity index is 1.16. The maximum atomic E-state index is 5.42. The monoisotopic (exact) mass is 739 g/mol. The summed E-state index contributed by atoms with van der Waals surface area (Å²) in [6.07, 6.45) is 19.0. The lowest BCUT2D eigenvalue weighted by Crippen LogP contribution is -2.29. The molecular weight excluding hydrogens is 687 g/mol. The summed E-state index contributed by atoms with van der Waals surface area (Å²) < 4.78 is 0. The lowest BCUT2D eigenvalue weighted by atomic mass is 9.90. The van der Waals surface area contributed by atoms with Crippen molar-refractivity contribution in [3.05, 3.63) is 131 Å². The van der Waals surface area contributed by atoms with Gasteiger partial charge in [-0.25, -0.2) is 15.0 Å². The summed E-state index contributed by atoms with van der Waals surface area (Å²) >= 11 is 0. The van der Waals surface area contributed by atoms with Gasteiger partial charge in [0, 0.05) is 77.9 Å². The Kier molecular flexibility index (Phi) is 10.4. The molecule has 1 atom stereocenters. The molecule has 0 saturated carbocycles. The van der Waals surface area contributed by atoms with Crippen molar-refractivity contribution in [1.82, 2.24) is 0 Å². The summed E-state index contributed by atoms with van der Waals surface area (Å²) in [4.78, 5) is 20.2. The van der Waals surface area contributed by atoms with Crippen molar-refractivity contribution in [1.29, 1.82) is 0 Å². The van der Waals surface area contributed by atoms with Gasteiger partial charge in [-0.2, -0.15) is 0 Å². The van der Waals surface area contributed by atoms with Crippen LogP contribution in [0.2, 0.25) is 0 Å². The summed E-state index contributed by atoms with van der Waals surface area (Å²) in [7, 11) is 0. The van der Waals surface area contributed by atoms with E-state index in [1.165, 1.54) is 77.7 Å². The summed E-state index contributed by atoms with van der Waals surface area (Å²) in [6.45, 7) is 8.67. The van der Waals surface area contributed by atoms with E-state index in [1.807, 2.05) is 0 Å². The zero-order valence-corrected chi connectivity index (χ0v) is 32.9. The number of allylic oxidation sites excluding steroid dienone is 5. The van der Waals surface area contributed by atoms with Gasteiger partial charge in [0.1, 0.15) is 12.2 Å². The van der Waals surface area contributed by atoms with E-state index in [4.69, 9.17) is 15.0 Å². The molecule has 2 bridgehead atoms. The first-order valence-electron chi connectivity index (χ1n) is 20.8. The molecule has 4 aromatic carbocycles. The largest absolute Gasteiger partial charge is 0.371 e. The number of rotatable bonds is 8. The fraction of sp³-hybridized carbons (Fsp3) is 0.327. The van der Waals surface area contributed by atoms with Crippen LogP contribution in [-0.4, -0.2) is 44.1 Å². The van der Waals surface area contributed by atoms with Gasteiger partial charge < -0.3 is 20.4 Å². The number of anilines is 6. The van der Waals surface area contributed by atoms with Crippen LogP contribution in [0.15, 0.2) is 124 Å². The average Bonchev–Trinajstić information content (AvgIpc) is 3.31. The minimum absolute atomic E-state index is 0.0652. The molecule has 4 heterocycles. The predicted molar refractivity (Wildman–Crippen MR) is 239 cm³/mol. The van der Waals surface area contributed by atoms with Crippen LogP contribution in [0, 0.1) is 19.8 Å². The molecule has 9 rings (SSSR count). The summed E-state index contributed by atoms with van der Waals surface area (Å²) in [5.41, 5.74) is 16.1. The van der Waals surface area contributed by atoms with Crippen LogP contribution >= 0.6 is 0 Å². The van der Waals surface area contributed by atoms with Crippen LogP contribution in [0.5, 0.6) is 0 Å². The van der Waals surface area contributed by atoms with E-state index >= 15 is 0 Å². The fourth-order valence-electron chi connectivity index (χ4n) is 8.74. The lowest BCUT2D eigenvalue weighted by Gasteiger charge is -2.30. The highest BCUT2D eigenvalue weighted by atomic mass is 15.1. The molecule has 2 saturated heterocycles. The van der Waals surface area contributed by atoms with E-state index in [0.29, 0.717) is 0 Å². The first kappa shape index (κ1) is 36.0. The minimum Gasteiger partial charge on any atom is -0.371 e. The topological polar surface area (TPSA) is 67.6 Å². The molecule has 1 unspecified atom stereocenters. The van der Waals surface area contributed by atoms with Gasteiger partial charge in [-0.1, -0.05) is 53.6 Å². The number of nitrogens with zero attached hydrogens (tertiary/aromatic N) is 5. The Morgan fingerprint density at radius 2 is 1.20 bits per heavy atom. The Morgan fingerprint density at radius 3 is 1.80 bits per heavy atom. The van der Waals surface area contributed by atoms with Gasteiger partial charge in [0.15, 0.2) is 0 Å². The normalized spacial score (nSPS) is 22.4. The molecule has 7 nitrogen and oxygen atoms in total. The number of fused-ring (bicyclic) bond motifs is 2. The highest BCUT2D eigenvalue weighted by molar-refractivity contribution is 6.16. The smallest absolute Gasteiger partial charge is 0.139 e. The van der Waals surface area contributed by atoms with E-state index < -0.39 is 0 Å². The Bertz CT molecular complexity index is 2260. The summed E-state index contributed by atoms with van der Waals surface area (Å²) in [6, 6.07) is 31.3. The SMILES string of the molecule is Cc1ccc(Nc2cc(N3CCCCC3)ccc2/C2=C/C3=C/C(c4ccc(N5CCCCC5)cc4Nc4ccc(C)cc4)=C\CC4=NC=NC(=N2)C4CC3)cc1. The number of aliphatic imine (C=N–C) groups is 3. The van der Waals surface area contributed by atoms with E-state index in [2.05, 4.69) is 137 Å². The molecule has 0 radical (unpaired) electrons. The first-order valence-corrected chi connectivity index (χ1v) is 20.8. The van der Waals surface area contributed by atoms with Gasteiger partial charge >= 0.3 is 0 Å². The quantitative estimate of drug-likeness (QED) is 0.189. The Morgan fingerprint density at radius 1 is 0.625 bits per heavy atom. The second-order valence-electron chi connectivity index (χ2n) is 16.1. The fourth-order valence-corrected chi connectivity index (χ4v) is 8.74. The number of benzene rings is 4.